The molecule has 3 rings (SSSR count). The largest absolute Gasteiger partial charge is 0.478 e. The normalized spacial score (nSPS) is 11.3. The summed E-state index contributed by atoms with van der Waals surface area (Å²) >= 11 is 0. The van der Waals surface area contributed by atoms with E-state index in [4.69, 9.17) is 0 Å². The van der Waals surface area contributed by atoms with Crippen molar-refractivity contribution >= 4 is 27.5 Å². The lowest BCUT2D eigenvalue weighted by Gasteiger charge is -2.15. The van der Waals surface area contributed by atoms with E-state index in [1.807, 2.05) is 0 Å². The summed E-state index contributed by atoms with van der Waals surface area (Å²) in [5.41, 5.74) is 0.516. The fourth-order valence-electron chi connectivity index (χ4n) is 2.67. The third-order valence-corrected chi connectivity index (χ3v) is 3.45. The molecule has 0 spiro atoms. The fraction of sp³-hybridized carbons (Fsp3) is 0.0625. The zero-order valence-corrected chi connectivity index (χ0v) is 10.4. The number of aliphatic hydroxyl groups excluding tert-OH is 1. The van der Waals surface area contributed by atoms with Crippen LogP contribution >= 0.6 is 0 Å². The average molecular weight is 268 g/mol. The van der Waals surface area contributed by atoms with Crippen LogP contribution in [0, 0.1) is 0 Å². The van der Waals surface area contributed by atoms with E-state index in [0.717, 1.165) is 0 Å². The van der Waals surface area contributed by atoms with Crippen LogP contribution in [0.3, 0.4) is 0 Å². The minimum absolute atomic E-state index is 0.181. The molecule has 4 nitrogen and oxygen atoms in total. The van der Waals surface area contributed by atoms with Gasteiger partial charge in [0.15, 0.2) is 6.29 Å². The number of aliphatic hydroxyl groups is 2. The van der Waals surface area contributed by atoms with E-state index in [0.29, 0.717) is 27.1 Å². The van der Waals surface area contributed by atoms with Crippen molar-refractivity contribution in [3.05, 3.63) is 59.7 Å². The molecular formula is C16H12O4. The zero-order chi connectivity index (χ0) is 14.3. The number of benzene rings is 3. The van der Waals surface area contributed by atoms with Gasteiger partial charge in [-0.05, 0) is 21.5 Å². The summed E-state index contributed by atoms with van der Waals surface area (Å²) in [7, 11) is 0. The van der Waals surface area contributed by atoms with Crippen molar-refractivity contribution < 1.29 is 20.1 Å². The highest BCUT2D eigenvalue weighted by Crippen LogP contribution is 2.35. The molecule has 0 fully saturated rings. The molecule has 0 atom stereocenters. The van der Waals surface area contributed by atoms with Gasteiger partial charge in [0.1, 0.15) is 0 Å². The van der Waals surface area contributed by atoms with Crippen LogP contribution in [0.15, 0.2) is 48.5 Å². The van der Waals surface area contributed by atoms with Crippen LogP contribution < -0.4 is 0 Å². The van der Waals surface area contributed by atoms with E-state index in [1.165, 1.54) is 0 Å². The van der Waals surface area contributed by atoms with E-state index in [1.54, 1.807) is 48.5 Å². The van der Waals surface area contributed by atoms with Gasteiger partial charge in [-0.1, -0.05) is 48.5 Å². The Hall–Kier alpha value is -2.43. The highest BCUT2D eigenvalue weighted by molar-refractivity contribution is 6.17. The van der Waals surface area contributed by atoms with E-state index in [2.05, 4.69) is 0 Å². The van der Waals surface area contributed by atoms with Crippen LogP contribution in [0.1, 0.15) is 22.2 Å². The Bertz CT molecular complexity index is 764. The molecule has 20 heavy (non-hydrogen) atoms. The number of rotatable bonds is 2. The third kappa shape index (κ3) is 1.74. The molecule has 0 aliphatic carbocycles. The minimum atomic E-state index is -1.66. The first kappa shape index (κ1) is 12.6. The lowest BCUT2D eigenvalue weighted by molar-refractivity contribution is -0.0401. The number of carbonyl (C=O) groups is 1. The second-order valence-corrected chi connectivity index (χ2v) is 4.56. The standard InChI is InChI=1S/C16H12O4/c17-15(18)13-9-5-1-2-6-10(9)14(16(19)20)12-8-4-3-7-11(12)13/h1-8,15,17-18H,(H,19,20). The Labute approximate surface area is 114 Å². The Morgan fingerprint density at radius 1 is 0.800 bits per heavy atom. The molecule has 0 bridgehead atoms. The highest BCUT2D eigenvalue weighted by atomic mass is 16.5. The Kier molecular flexibility index (Phi) is 2.89. The van der Waals surface area contributed by atoms with Gasteiger partial charge in [0.25, 0.3) is 0 Å². The number of carboxylic acid groups (broad SMARTS) is 1. The Morgan fingerprint density at radius 3 is 1.55 bits per heavy atom. The number of hydrogen-bond acceptors (Lipinski definition) is 3. The molecule has 0 amide bonds. The van der Waals surface area contributed by atoms with Crippen LogP contribution in [0.25, 0.3) is 21.5 Å². The van der Waals surface area contributed by atoms with Gasteiger partial charge in [-0.2, -0.15) is 0 Å². The van der Waals surface area contributed by atoms with Crippen molar-refractivity contribution in [2.24, 2.45) is 0 Å². The van der Waals surface area contributed by atoms with Crippen LogP contribution in [0.4, 0.5) is 0 Å². The lowest BCUT2D eigenvalue weighted by Crippen LogP contribution is -2.04. The monoisotopic (exact) mass is 268 g/mol. The summed E-state index contributed by atoms with van der Waals surface area (Å²) < 4.78 is 0. The number of hydrogen-bond donors (Lipinski definition) is 3. The number of aromatic carboxylic acids is 1. The maximum atomic E-state index is 11.6. The van der Waals surface area contributed by atoms with Crippen molar-refractivity contribution in [1.29, 1.82) is 0 Å². The van der Waals surface area contributed by atoms with E-state index in [-0.39, 0.29) is 5.56 Å². The van der Waals surface area contributed by atoms with Gasteiger partial charge in [0, 0.05) is 5.56 Å². The maximum Gasteiger partial charge on any atom is 0.336 e. The molecule has 3 aromatic carbocycles. The molecular weight excluding hydrogens is 256 g/mol. The summed E-state index contributed by atoms with van der Waals surface area (Å²) in [5, 5.41) is 30.9. The van der Waals surface area contributed by atoms with Crippen LogP contribution in [-0.4, -0.2) is 21.3 Å². The predicted octanol–water partition coefficient (Wildman–Crippen LogP) is 2.67. The molecule has 0 aliphatic heterocycles. The summed E-state index contributed by atoms with van der Waals surface area (Å²) in [6, 6.07) is 13.7. The first-order chi connectivity index (χ1) is 9.61. The zero-order valence-electron chi connectivity index (χ0n) is 10.4. The summed E-state index contributed by atoms with van der Waals surface area (Å²) in [5.74, 6) is -1.03. The molecule has 0 saturated heterocycles. The van der Waals surface area contributed by atoms with E-state index >= 15 is 0 Å². The summed E-state index contributed by atoms with van der Waals surface area (Å²) in [6.45, 7) is 0. The quantitative estimate of drug-likeness (QED) is 0.493. The molecule has 0 aliphatic rings. The number of carboxylic acids is 1. The Balaban J connectivity index is 2.65. The predicted molar refractivity (Wildman–Crippen MR) is 75.6 cm³/mol. The molecule has 0 saturated carbocycles. The van der Waals surface area contributed by atoms with E-state index < -0.39 is 12.3 Å². The first-order valence-electron chi connectivity index (χ1n) is 6.14. The molecule has 3 aromatic rings. The number of fused-ring (bicyclic) bond motifs is 2. The smallest absolute Gasteiger partial charge is 0.336 e. The van der Waals surface area contributed by atoms with Crippen molar-refractivity contribution in [1.82, 2.24) is 0 Å². The average Bonchev–Trinajstić information content (AvgIpc) is 2.43. The van der Waals surface area contributed by atoms with Crippen molar-refractivity contribution in [3.8, 4) is 0 Å². The molecule has 4 heteroatoms. The second kappa shape index (κ2) is 4.59. The highest BCUT2D eigenvalue weighted by Gasteiger charge is 2.20. The van der Waals surface area contributed by atoms with Crippen molar-refractivity contribution in [2.75, 3.05) is 0 Å². The molecule has 3 N–H and O–H groups in total. The van der Waals surface area contributed by atoms with Crippen molar-refractivity contribution in [2.45, 2.75) is 6.29 Å². The lowest BCUT2D eigenvalue weighted by atomic mass is 9.91. The second-order valence-electron chi connectivity index (χ2n) is 4.56. The topological polar surface area (TPSA) is 77.8 Å². The minimum Gasteiger partial charge on any atom is -0.478 e. The van der Waals surface area contributed by atoms with E-state index in [9.17, 15) is 20.1 Å². The van der Waals surface area contributed by atoms with Gasteiger partial charge in [-0.15, -0.1) is 0 Å². The molecule has 100 valence electrons. The van der Waals surface area contributed by atoms with Crippen molar-refractivity contribution in [3.63, 3.8) is 0 Å². The van der Waals surface area contributed by atoms with Crippen LogP contribution in [-0.2, 0) is 0 Å². The SMILES string of the molecule is O=C(O)c1c2ccccc2c(C(O)O)c2ccccc12. The van der Waals surface area contributed by atoms with Gasteiger partial charge >= 0.3 is 5.97 Å². The molecule has 0 radical (unpaired) electrons. The van der Waals surface area contributed by atoms with Gasteiger partial charge in [0.05, 0.1) is 5.56 Å². The third-order valence-electron chi connectivity index (χ3n) is 3.45. The maximum absolute atomic E-state index is 11.6. The van der Waals surface area contributed by atoms with Crippen LogP contribution in [0.2, 0.25) is 0 Å². The van der Waals surface area contributed by atoms with Gasteiger partial charge in [-0.3, -0.25) is 0 Å². The van der Waals surface area contributed by atoms with Gasteiger partial charge in [-0.25, -0.2) is 4.79 Å². The van der Waals surface area contributed by atoms with Gasteiger partial charge in [0.2, 0.25) is 0 Å². The summed E-state index contributed by atoms with van der Waals surface area (Å²) in [6.07, 6.45) is -1.66. The first-order valence-corrected chi connectivity index (χ1v) is 6.14. The summed E-state index contributed by atoms with van der Waals surface area (Å²) in [4.78, 5) is 11.6. The molecule has 0 heterocycles. The van der Waals surface area contributed by atoms with Crippen LogP contribution in [0.5, 0.6) is 0 Å². The molecule has 0 aromatic heterocycles. The van der Waals surface area contributed by atoms with Gasteiger partial charge < -0.3 is 15.3 Å². The molecule has 0 unspecified atom stereocenters. The fourth-order valence-corrected chi connectivity index (χ4v) is 2.67. The Morgan fingerprint density at radius 2 is 1.20 bits per heavy atom.